The number of benzene rings is 1. The first-order chi connectivity index (χ1) is 10.7. The third-order valence-corrected chi connectivity index (χ3v) is 4.48. The molecule has 0 radical (unpaired) electrons. The van der Waals surface area contributed by atoms with E-state index in [0.29, 0.717) is 5.13 Å². The zero-order valence-electron chi connectivity index (χ0n) is 12.6. The Bertz CT molecular complexity index is 761. The van der Waals surface area contributed by atoms with Crippen molar-refractivity contribution in [1.29, 1.82) is 0 Å². The van der Waals surface area contributed by atoms with E-state index in [1.165, 1.54) is 16.9 Å². The molecule has 3 rings (SSSR count). The second-order valence-electron chi connectivity index (χ2n) is 5.03. The molecular formula is C16H18N4OS. The van der Waals surface area contributed by atoms with Crippen molar-refractivity contribution < 1.29 is 4.74 Å². The maximum atomic E-state index is 5.74. The summed E-state index contributed by atoms with van der Waals surface area (Å²) in [6.07, 6.45) is 2.92. The van der Waals surface area contributed by atoms with Crippen LogP contribution in [-0.2, 0) is 13.0 Å². The Morgan fingerprint density at radius 3 is 2.64 bits per heavy atom. The van der Waals surface area contributed by atoms with Crippen LogP contribution >= 0.6 is 11.3 Å². The van der Waals surface area contributed by atoms with Crippen LogP contribution in [0.3, 0.4) is 0 Å². The Hall–Kier alpha value is -2.34. The number of rotatable bonds is 5. The molecule has 0 amide bonds. The Labute approximate surface area is 133 Å². The zero-order valence-corrected chi connectivity index (χ0v) is 13.4. The molecule has 0 fully saturated rings. The van der Waals surface area contributed by atoms with Crippen LogP contribution in [0.4, 0.5) is 5.13 Å². The van der Waals surface area contributed by atoms with Gasteiger partial charge in [0.15, 0.2) is 5.13 Å². The van der Waals surface area contributed by atoms with Crippen LogP contribution in [0.15, 0.2) is 36.5 Å². The van der Waals surface area contributed by atoms with Gasteiger partial charge in [0.2, 0.25) is 0 Å². The summed E-state index contributed by atoms with van der Waals surface area (Å²) in [5.41, 5.74) is 8.87. The number of thiazole rings is 1. The van der Waals surface area contributed by atoms with Gasteiger partial charge in [0.25, 0.3) is 0 Å². The van der Waals surface area contributed by atoms with E-state index in [1.54, 1.807) is 7.11 Å². The highest BCUT2D eigenvalue weighted by molar-refractivity contribution is 7.18. The summed E-state index contributed by atoms with van der Waals surface area (Å²) in [7, 11) is 1.68. The van der Waals surface area contributed by atoms with Gasteiger partial charge in [-0.15, -0.1) is 0 Å². The quantitative estimate of drug-likeness (QED) is 0.785. The largest absolute Gasteiger partial charge is 0.497 e. The predicted octanol–water partition coefficient (Wildman–Crippen LogP) is 3.15. The zero-order chi connectivity index (χ0) is 15.5. The van der Waals surface area contributed by atoms with Crippen molar-refractivity contribution in [2.75, 3.05) is 12.8 Å². The van der Waals surface area contributed by atoms with Gasteiger partial charge in [-0.05, 0) is 37.1 Å². The molecule has 0 saturated heterocycles. The van der Waals surface area contributed by atoms with Gasteiger partial charge in [-0.25, -0.2) is 4.98 Å². The van der Waals surface area contributed by atoms with Gasteiger partial charge in [-0.3, -0.25) is 4.68 Å². The predicted molar refractivity (Wildman–Crippen MR) is 89.2 cm³/mol. The number of aryl methyl sites for hydroxylation is 3. The SMILES string of the molecule is COc1ccc(CCn2ccc(-c3sc(N)nc3C)n2)cc1. The molecule has 0 saturated carbocycles. The van der Waals surface area contributed by atoms with Gasteiger partial charge < -0.3 is 10.5 Å². The van der Waals surface area contributed by atoms with Gasteiger partial charge in [-0.2, -0.15) is 5.10 Å². The first-order valence-corrected chi connectivity index (χ1v) is 7.87. The molecule has 0 spiro atoms. The van der Waals surface area contributed by atoms with Crippen molar-refractivity contribution in [1.82, 2.24) is 14.8 Å². The third-order valence-electron chi connectivity index (χ3n) is 3.48. The summed E-state index contributed by atoms with van der Waals surface area (Å²) in [5.74, 6) is 0.878. The smallest absolute Gasteiger partial charge is 0.180 e. The molecule has 1 aromatic carbocycles. The van der Waals surface area contributed by atoms with Crippen LogP contribution in [0.5, 0.6) is 5.75 Å². The fourth-order valence-electron chi connectivity index (χ4n) is 2.30. The first-order valence-electron chi connectivity index (χ1n) is 7.05. The number of hydrogen-bond donors (Lipinski definition) is 1. The number of ether oxygens (including phenoxy) is 1. The van der Waals surface area contributed by atoms with E-state index in [4.69, 9.17) is 10.5 Å². The lowest BCUT2D eigenvalue weighted by Crippen LogP contribution is -2.02. The summed E-state index contributed by atoms with van der Waals surface area (Å²) in [6, 6.07) is 10.1. The monoisotopic (exact) mass is 314 g/mol. The van der Waals surface area contributed by atoms with Crippen LogP contribution < -0.4 is 10.5 Å². The molecule has 0 aliphatic rings. The van der Waals surface area contributed by atoms with Gasteiger partial charge in [0.05, 0.1) is 17.7 Å². The highest BCUT2D eigenvalue weighted by Gasteiger charge is 2.10. The lowest BCUT2D eigenvalue weighted by Gasteiger charge is -2.04. The summed E-state index contributed by atoms with van der Waals surface area (Å²) in [4.78, 5) is 5.28. The summed E-state index contributed by atoms with van der Waals surface area (Å²) in [6.45, 7) is 2.79. The molecule has 6 heteroatoms. The van der Waals surface area contributed by atoms with Crippen LogP contribution in [-0.4, -0.2) is 21.9 Å². The standard InChI is InChI=1S/C16H18N4OS/c1-11-15(22-16(17)18-11)14-8-10-20(19-14)9-7-12-3-5-13(21-2)6-4-12/h3-6,8,10H,7,9H2,1-2H3,(H2,17,18). The fraction of sp³-hybridized carbons (Fsp3) is 0.250. The molecule has 22 heavy (non-hydrogen) atoms. The summed E-state index contributed by atoms with van der Waals surface area (Å²) >= 11 is 1.48. The van der Waals surface area contributed by atoms with Gasteiger partial charge >= 0.3 is 0 Å². The number of nitrogens with zero attached hydrogens (tertiary/aromatic N) is 3. The van der Waals surface area contributed by atoms with E-state index < -0.39 is 0 Å². The summed E-state index contributed by atoms with van der Waals surface area (Å²) in [5, 5.41) is 5.19. The minimum absolute atomic E-state index is 0.584. The van der Waals surface area contributed by atoms with E-state index in [0.717, 1.165) is 35.0 Å². The Morgan fingerprint density at radius 1 is 1.23 bits per heavy atom. The van der Waals surface area contributed by atoms with Crippen molar-refractivity contribution in [3.8, 4) is 16.3 Å². The van der Waals surface area contributed by atoms with E-state index >= 15 is 0 Å². The Balaban J connectivity index is 1.67. The minimum Gasteiger partial charge on any atom is -0.497 e. The topological polar surface area (TPSA) is 66.0 Å². The number of nitrogens with two attached hydrogens (primary N) is 1. The second kappa shape index (κ2) is 6.19. The molecule has 2 heterocycles. The number of methoxy groups -OCH3 is 1. The van der Waals surface area contributed by atoms with Crippen molar-refractivity contribution in [3.05, 3.63) is 47.8 Å². The number of hydrogen-bond acceptors (Lipinski definition) is 5. The third kappa shape index (κ3) is 3.12. The molecule has 0 bridgehead atoms. The fourth-order valence-corrected chi connectivity index (χ4v) is 3.10. The summed E-state index contributed by atoms with van der Waals surface area (Å²) < 4.78 is 7.12. The molecule has 0 atom stereocenters. The number of aromatic nitrogens is 3. The normalized spacial score (nSPS) is 10.8. The molecule has 0 unspecified atom stereocenters. The maximum Gasteiger partial charge on any atom is 0.180 e. The van der Waals surface area contributed by atoms with E-state index in [1.807, 2.05) is 36.0 Å². The molecule has 5 nitrogen and oxygen atoms in total. The van der Waals surface area contributed by atoms with E-state index in [2.05, 4.69) is 22.2 Å². The van der Waals surface area contributed by atoms with Crippen LogP contribution in [0.1, 0.15) is 11.3 Å². The lowest BCUT2D eigenvalue weighted by atomic mass is 10.1. The number of anilines is 1. The Kier molecular flexibility index (Phi) is 4.11. The van der Waals surface area contributed by atoms with Crippen molar-refractivity contribution >= 4 is 16.5 Å². The molecule has 114 valence electrons. The van der Waals surface area contributed by atoms with Crippen LogP contribution in [0.25, 0.3) is 10.6 Å². The van der Waals surface area contributed by atoms with Crippen molar-refractivity contribution in [3.63, 3.8) is 0 Å². The highest BCUT2D eigenvalue weighted by atomic mass is 32.1. The van der Waals surface area contributed by atoms with Gasteiger partial charge in [0, 0.05) is 12.7 Å². The highest BCUT2D eigenvalue weighted by Crippen LogP contribution is 2.29. The van der Waals surface area contributed by atoms with Crippen molar-refractivity contribution in [2.45, 2.75) is 19.9 Å². The molecular weight excluding hydrogens is 296 g/mol. The average molecular weight is 314 g/mol. The molecule has 2 N–H and O–H groups in total. The van der Waals surface area contributed by atoms with E-state index in [-0.39, 0.29) is 0 Å². The number of nitrogen functional groups attached to an aromatic ring is 1. The second-order valence-corrected chi connectivity index (χ2v) is 6.06. The Morgan fingerprint density at radius 2 is 2.00 bits per heavy atom. The minimum atomic E-state index is 0.584. The molecule has 0 aliphatic carbocycles. The average Bonchev–Trinajstić information content (AvgIpc) is 3.12. The molecule has 2 aromatic heterocycles. The first kappa shape index (κ1) is 14.6. The maximum absolute atomic E-state index is 5.74. The van der Waals surface area contributed by atoms with Gasteiger partial charge in [0.1, 0.15) is 11.4 Å². The van der Waals surface area contributed by atoms with Crippen molar-refractivity contribution in [2.24, 2.45) is 0 Å². The van der Waals surface area contributed by atoms with Crippen LogP contribution in [0.2, 0.25) is 0 Å². The van der Waals surface area contributed by atoms with Gasteiger partial charge in [-0.1, -0.05) is 23.5 Å². The van der Waals surface area contributed by atoms with E-state index in [9.17, 15) is 0 Å². The molecule has 0 aliphatic heterocycles. The lowest BCUT2D eigenvalue weighted by molar-refractivity contribution is 0.414. The molecule has 3 aromatic rings. The van der Waals surface area contributed by atoms with Crippen LogP contribution in [0, 0.1) is 6.92 Å².